The molecule has 0 atom stereocenters. The number of ether oxygens (including phenoxy) is 3. The SMILES string of the molecule is CCOC(=O)c1ccc2cc(C(=O)OCC)n(CCC(C)(C)NC(=O)OC(C)(C)C)c2c1. The van der Waals surface area contributed by atoms with Crippen molar-refractivity contribution in [2.24, 2.45) is 0 Å². The zero-order valence-corrected chi connectivity index (χ0v) is 20.0. The van der Waals surface area contributed by atoms with Crippen molar-refractivity contribution >= 4 is 28.9 Å². The maximum Gasteiger partial charge on any atom is 0.408 e. The number of fused-ring (bicyclic) bond motifs is 1. The second-order valence-electron chi connectivity index (χ2n) is 9.16. The van der Waals surface area contributed by atoms with Crippen LogP contribution in [0.3, 0.4) is 0 Å². The van der Waals surface area contributed by atoms with Gasteiger partial charge in [-0.1, -0.05) is 6.07 Å². The van der Waals surface area contributed by atoms with E-state index in [1.54, 1.807) is 58.9 Å². The third kappa shape index (κ3) is 6.73. The van der Waals surface area contributed by atoms with E-state index in [1.165, 1.54) is 0 Å². The Morgan fingerprint density at radius 2 is 1.56 bits per heavy atom. The standard InChI is InChI=1S/C24H34N2O6/c1-8-30-20(27)17-11-10-16-14-19(21(28)31-9-2)26(18(16)15-17)13-12-24(6,7)25-22(29)32-23(3,4)5/h10-11,14-15H,8-9,12-13H2,1-7H3,(H,25,29). The molecule has 2 rings (SSSR count). The van der Waals surface area contributed by atoms with E-state index in [-0.39, 0.29) is 13.2 Å². The number of nitrogens with zero attached hydrogens (tertiary/aromatic N) is 1. The number of esters is 2. The van der Waals surface area contributed by atoms with Crippen LogP contribution in [0.25, 0.3) is 10.9 Å². The van der Waals surface area contributed by atoms with Crippen molar-refractivity contribution in [1.82, 2.24) is 9.88 Å². The van der Waals surface area contributed by atoms with Crippen LogP contribution in [0, 0.1) is 0 Å². The number of hydrogen-bond donors (Lipinski definition) is 1. The molecule has 0 aliphatic rings. The van der Waals surface area contributed by atoms with E-state index in [1.807, 2.05) is 18.4 Å². The zero-order valence-electron chi connectivity index (χ0n) is 20.0. The first-order chi connectivity index (χ1) is 14.9. The Labute approximate surface area is 189 Å². The third-order valence-electron chi connectivity index (χ3n) is 4.70. The van der Waals surface area contributed by atoms with Gasteiger partial charge in [-0.05, 0) is 73.1 Å². The predicted molar refractivity (Wildman–Crippen MR) is 122 cm³/mol. The molecule has 0 aliphatic heterocycles. The minimum Gasteiger partial charge on any atom is -0.462 e. The van der Waals surface area contributed by atoms with Gasteiger partial charge in [-0.2, -0.15) is 0 Å². The Hall–Kier alpha value is -3.03. The van der Waals surface area contributed by atoms with E-state index in [0.29, 0.717) is 29.7 Å². The molecule has 0 aliphatic carbocycles. The van der Waals surface area contributed by atoms with Gasteiger partial charge in [-0.25, -0.2) is 14.4 Å². The quantitative estimate of drug-likeness (QED) is 0.467. The summed E-state index contributed by atoms with van der Waals surface area (Å²) in [6.07, 6.45) is 0.00146. The van der Waals surface area contributed by atoms with Crippen molar-refractivity contribution in [2.45, 2.75) is 72.6 Å². The van der Waals surface area contributed by atoms with Crippen molar-refractivity contribution < 1.29 is 28.6 Å². The summed E-state index contributed by atoms with van der Waals surface area (Å²) in [5, 5.41) is 3.68. The van der Waals surface area contributed by atoms with Crippen LogP contribution < -0.4 is 5.32 Å². The molecule has 0 saturated heterocycles. The van der Waals surface area contributed by atoms with Crippen LogP contribution in [0.15, 0.2) is 24.3 Å². The van der Waals surface area contributed by atoms with Crippen LogP contribution in [0.4, 0.5) is 4.79 Å². The molecule has 0 radical (unpaired) electrons. The first-order valence-corrected chi connectivity index (χ1v) is 10.9. The van der Waals surface area contributed by atoms with Crippen molar-refractivity contribution in [1.29, 1.82) is 0 Å². The van der Waals surface area contributed by atoms with Gasteiger partial charge >= 0.3 is 18.0 Å². The molecule has 0 spiro atoms. The largest absolute Gasteiger partial charge is 0.462 e. The van der Waals surface area contributed by atoms with Crippen LogP contribution in [-0.4, -0.2) is 47.0 Å². The number of amides is 1. The monoisotopic (exact) mass is 446 g/mol. The summed E-state index contributed by atoms with van der Waals surface area (Å²) in [5.74, 6) is -0.869. The second-order valence-corrected chi connectivity index (χ2v) is 9.16. The summed E-state index contributed by atoms with van der Waals surface area (Å²) in [6.45, 7) is 13.6. The number of aromatic nitrogens is 1. The summed E-state index contributed by atoms with van der Waals surface area (Å²) in [5.41, 5.74) is 0.295. The average Bonchev–Trinajstić information content (AvgIpc) is 3.02. The molecule has 0 fully saturated rings. The Morgan fingerprint density at radius 1 is 0.938 bits per heavy atom. The van der Waals surface area contributed by atoms with Crippen LogP contribution in [0.5, 0.6) is 0 Å². The molecule has 32 heavy (non-hydrogen) atoms. The summed E-state index contributed by atoms with van der Waals surface area (Å²) in [4.78, 5) is 37.0. The lowest BCUT2D eigenvalue weighted by molar-refractivity contribution is 0.0457. The van der Waals surface area contributed by atoms with Gasteiger partial charge in [0.1, 0.15) is 11.3 Å². The van der Waals surface area contributed by atoms with Gasteiger partial charge < -0.3 is 24.1 Å². The van der Waals surface area contributed by atoms with E-state index < -0.39 is 29.2 Å². The highest BCUT2D eigenvalue weighted by atomic mass is 16.6. The normalized spacial score (nSPS) is 11.8. The molecule has 1 amide bonds. The second kappa shape index (κ2) is 10.1. The number of rotatable bonds is 8. The fourth-order valence-corrected chi connectivity index (χ4v) is 3.24. The van der Waals surface area contributed by atoms with E-state index in [9.17, 15) is 14.4 Å². The van der Waals surface area contributed by atoms with E-state index >= 15 is 0 Å². The minimum atomic E-state index is -0.608. The molecule has 0 unspecified atom stereocenters. The summed E-state index contributed by atoms with van der Waals surface area (Å²) >= 11 is 0. The molecule has 1 aromatic carbocycles. The average molecular weight is 447 g/mol. The molecule has 8 heteroatoms. The molecule has 1 heterocycles. The lowest BCUT2D eigenvalue weighted by atomic mass is 10.0. The number of nitrogens with one attached hydrogen (secondary N) is 1. The lowest BCUT2D eigenvalue weighted by Crippen LogP contribution is -2.46. The Kier molecular flexibility index (Phi) is 7.93. The van der Waals surface area contributed by atoms with Crippen molar-refractivity contribution in [3.05, 3.63) is 35.5 Å². The maximum absolute atomic E-state index is 12.6. The van der Waals surface area contributed by atoms with Gasteiger partial charge in [0.2, 0.25) is 0 Å². The van der Waals surface area contributed by atoms with Crippen LogP contribution in [0.2, 0.25) is 0 Å². The predicted octanol–water partition coefficient (Wildman–Crippen LogP) is 4.69. The number of hydrogen-bond acceptors (Lipinski definition) is 6. The number of benzene rings is 1. The Bertz CT molecular complexity index is 984. The topological polar surface area (TPSA) is 95.9 Å². The molecular weight excluding hydrogens is 412 g/mol. The molecule has 0 bridgehead atoms. The molecular formula is C24H34N2O6. The zero-order chi connectivity index (χ0) is 24.1. The minimum absolute atomic E-state index is 0.250. The summed E-state index contributed by atoms with van der Waals surface area (Å²) in [7, 11) is 0. The summed E-state index contributed by atoms with van der Waals surface area (Å²) < 4.78 is 17.5. The van der Waals surface area contributed by atoms with Crippen molar-refractivity contribution in [3.63, 3.8) is 0 Å². The van der Waals surface area contributed by atoms with E-state index in [4.69, 9.17) is 14.2 Å². The smallest absolute Gasteiger partial charge is 0.408 e. The number of alkyl carbamates (subject to hydrolysis) is 1. The highest BCUT2D eigenvalue weighted by Crippen LogP contribution is 2.25. The number of aryl methyl sites for hydroxylation is 1. The van der Waals surface area contributed by atoms with Crippen LogP contribution >= 0.6 is 0 Å². The Morgan fingerprint density at radius 3 is 2.16 bits per heavy atom. The first kappa shape index (κ1) is 25.2. The van der Waals surface area contributed by atoms with E-state index in [2.05, 4.69) is 5.32 Å². The lowest BCUT2D eigenvalue weighted by Gasteiger charge is -2.29. The number of carbonyl (C=O) groups excluding carboxylic acids is 3. The van der Waals surface area contributed by atoms with Gasteiger partial charge in [0, 0.05) is 23.0 Å². The van der Waals surface area contributed by atoms with Gasteiger partial charge in [0.15, 0.2) is 0 Å². The highest BCUT2D eigenvalue weighted by Gasteiger charge is 2.26. The molecule has 176 valence electrons. The van der Waals surface area contributed by atoms with E-state index in [0.717, 1.165) is 5.39 Å². The summed E-state index contributed by atoms with van der Waals surface area (Å²) in [6, 6.07) is 6.92. The van der Waals surface area contributed by atoms with Crippen LogP contribution in [0.1, 0.15) is 75.7 Å². The molecule has 8 nitrogen and oxygen atoms in total. The molecule has 0 saturated carbocycles. The fraction of sp³-hybridized carbons (Fsp3) is 0.542. The first-order valence-electron chi connectivity index (χ1n) is 10.9. The molecule has 1 aromatic heterocycles. The van der Waals surface area contributed by atoms with Crippen molar-refractivity contribution in [2.75, 3.05) is 13.2 Å². The highest BCUT2D eigenvalue weighted by molar-refractivity contribution is 5.99. The van der Waals surface area contributed by atoms with Crippen LogP contribution in [-0.2, 0) is 20.8 Å². The van der Waals surface area contributed by atoms with Gasteiger partial charge in [-0.15, -0.1) is 0 Å². The fourth-order valence-electron chi connectivity index (χ4n) is 3.24. The number of carbonyl (C=O) groups is 3. The Balaban J connectivity index is 2.35. The van der Waals surface area contributed by atoms with Gasteiger partial charge in [-0.3, -0.25) is 0 Å². The van der Waals surface area contributed by atoms with Crippen molar-refractivity contribution in [3.8, 4) is 0 Å². The maximum atomic E-state index is 12.6. The third-order valence-corrected chi connectivity index (χ3v) is 4.70. The molecule has 1 N–H and O–H groups in total. The molecule has 2 aromatic rings. The van der Waals surface area contributed by atoms with Gasteiger partial charge in [0.05, 0.1) is 18.8 Å². The van der Waals surface area contributed by atoms with Gasteiger partial charge in [0.25, 0.3) is 0 Å².